The molecular weight excluding hydrogens is 390 g/mol. The van der Waals surface area contributed by atoms with E-state index in [2.05, 4.69) is 15.3 Å². The average Bonchev–Trinajstić information content (AvgIpc) is 2.68. The Morgan fingerprint density at radius 3 is 2.56 bits per heavy atom. The second-order valence-corrected chi connectivity index (χ2v) is 7.07. The van der Waals surface area contributed by atoms with E-state index in [0.29, 0.717) is 15.6 Å². The van der Waals surface area contributed by atoms with Gasteiger partial charge in [-0.05, 0) is 12.1 Å². The molecule has 27 heavy (non-hydrogen) atoms. The highest BCUT2D eigenvalue weighted by molar-refractivity contribution is 8.00. The van der Waals surface area contributed by atoms with E-state index in [1.165, 1.54) is 25.7 Å². The predicted octanol–water partition coefficient (Wildman–Crippen LogP) is 1.19. The molecule has 2 heterocycles. The van der Waals surface area contributed by atoms with E-state index in [-0.39, 0.29) is 28.5 Å². The Kier molecular flexibility index (Phi) is 5.33. The van der Waals surface area contributed by atoms with Gasteiger partial charge in [-0.3, -0.25) is 18.7 Å². The highest BCUT2D eigenvalue weighted by Gasteiger charge is 2.19. The second-order valence-electron chi connectivity index (χ2n) is 5.70. The first-order valence-electron chi connectivity index (χ1n) is 7.91. The van der Waals surface area contributed by atoms with Gasteiger partial charge in [-0.25, -0.2) is 14.8 Å². The van der Waals surface area contributed by atoms with E-state index in [0.717, 1.165) is 16.3 Å². The minimum Gasteiger partial charge on any atom is -0.358 e. The lowest BCUT2D eigenvalue weighted by molar-refractivity contribution is -0.118. The highest BCUT2D eigenvalue weighted by Crippen LogP contribution is 2.29. The smallest absolute Gasteiger partial charge is 0.332 e. The van der Waals surface area contributed by atoms with Crippen LogP contribution in [-0.2, 0) is 18.9 Å². The summed E-state index contributed by atoms with van der Waals surface area (Å²) in [5.41, 5.74) is -0.264. The second kappa shape index (κ2) is 7.53. The van der Waals surface area contributed by atoms with Crippen molar-refractivity contribution in [2.75, 3.05) is 12.8 Å². The summed E-state index contributed by atoms with van der Waals surface area (Å²) >= 11 is 7.35. The molecule has 0 spiro atoms. The predicted molar refractivity (Wildman–Crippen MR) is 105 cm³/mol. The quantitative estimate of drug-likeness (QED) is 0.517. The Morgan fingerprint density at radius 1 is 1.19 bits per heavy atom. The molecular formula is C17H16ClN5O3S. The minimum absolute atomic E-state index is 0.0660. The molecule has 0 atom stereocenters. The number of nitrogens with one attached hydrogen (secondary N) is 1. The molecule has 10 heteroatoms. The van der Waals surface area contributed by atoms with Gasteiger partial charge in [0.2, 0.25) is 5.91 Å². The summed E-state index contributed by atoms with van der Waals surface area (Å²) in [6.07, 6.45) is 0. The lowest BCUT2D eigenvalue weighted by atomic mass is 10.2. The number of amides is 1. The summed E-state index contributed by atoms with van der Waals surface area (Å²) in [6, 6.07) is 7.01. The number of thioether (sulfide) groups is 1. The van der Waals surface area contributed by atoms with Gasteiger partial charge in [0.05, 0.1) is 10.8 Å². The van der Waals surface area contributed by atoms with Crippen molar-refractivity contribution >= 4 is 40.3 Å². The van der Waals surface area contributed by atoms with Gasteiger partial charge in [0.25, 0.3) is 5.56 Å². The maximum absolute atomic E-state index is 12.7. The zero-order chi connectivity index (χ0) is 19.7. The topological polar surface area (TPSA) is 98.9 Å². The monoisotopic (exact) mass is 405 g/mol. The molecule has 0 saturated carbocycles. The number of fused-ring (bicyclic) bond motifs is 1. The van der Waals surface area contributed by atoms with E-state index < -0.39 is 11.2 Å². The van der Waals surface area contributed by atoms with Crippen LogP contribution in [0.1, 0.15) is 0 Å². The summed E-state index contributed by atoms with van der Waals surface area (Å²) in [5, 5.41) is 3.46. The minimum atomic E-state index is -0.516. The molecule has 0 fully saturated rings. The van der Waals surface area contributed by atoms with E-state index in [1.54, 1.807) is 24.3 Å². The van der Waals surface area contributed by atoms with E-state index in [9.17, 15) is 14.4 Å². The summed E-state index contributed by atoms with van der Waals surface area (Å²) in [6.45, 7) is 0. The molecule has 0 aliphatic rings. The summed E-state index contributed by atoms with van der Waals surface area (Å²) in [4.78, 5) is 45.5. The van der Waals surface area contributed by atoms with Crippen molar-refractivity contribution < 1.29 is 4.79 Å². The van der Waals surface area contributed by atoms with Crippen molar-refractivity contribution in [3.8, 4) is 11.4 Å². The molecule has 2 aromatic heterocycles. The fourth-order valence-electron chi connectivity index (χ4n) is 2.50. The van der Waals surface area contributed by atoms with Gasteiger partial charge in [0.1, 0.15) is 10.4 Å². The van der Waals surface area contributed by atoms with Crippen molar-refractivity contribution in [2.45, 2.75) is 5.03 Å². The number of halogens is 1. The number of nitrogens with zero attached hydrogens (tertiary/aromatic N) is 4. The molecule has 3 aromatic rings. The standard InChI is InChI=1S/C17H16ClN5O3S/c1-19-11(24)8-27-15-12-14(22(2)17(26)23(3)16(12)25)20-13(21-15)9-6-4-5-7-10(9)18/h4-7H,8H2,1-3H3,(H,19,24). The van der Waals surface area contributed by atoms with E-state index >= 15 is 0 Å². The van der Waals surface area contributed by atoms with Crippen molar-refractivity contribution in [1.82, 2.24) is 24.4 Å². The Bertz CT molecular complexity index is 1170. The van der Waals surface area contributed by atoms with E-state index in [1.807, 2.05) is 0 Å². The molecule has 8 nitrogen and oxygen atoms in total. The number of rotatable bonds is 4. The summed E-state index contributed by atoms with van der Waals surface area (Å²) in [7, 11) is 4.44. The SMILES string of the molecule is CNC(=O)CSc1nc(-c2ccccc2Cl)nc2c1c(=O)n(C)c(=O)n2C. The Morgan fingerprint density at radius 2 is 1.89 bits per heavy atom. The maximum Gasteiger partial charge on any atom is 0.332 e. The maximum atomic E-state index is 12.7. The average molecular weight is 406 g/mol. The largest absolute Gasteiger partial charge is 0.358 e. The Hall–Kier alpha value is -2.65. The van der Waals surface area contributed by atoms with Gasteiger partial charge < -0.3 is 5.32 Å². The van der Waals surface area contributed by atoms with Crippen LogP contribution in [0.4, 0.5) is 0 Å². The van der Waals surface area contributed by atoms with Crippen molar-refractivity contribution in [3.05, 3.63) is 50.1 Å². The Balaban J connectivity index is 2.35. The lowest BCUT2D eigenvalue weighted by Crippen LogP contribution is -2.37. The molecule has 140 valence electrons. The summed E-state index contributed by atoms with van der Waals surface area (Å²) in [5.74, 6) is 0.125. The van der Waals surface area contributed by atoms with Crippen LogP contribution < -0.4 is 16.6 Å². The fourth-order valence-corrected chi connectivity index (χ4v) is 3.61. The van der Waals surface area contributed by atoms with Gasteiger partial charge in [0, 0.05) is 26.7 Å². The van der Waals surface area contributed by atoms with Gasteiger partial charge >= 0.3 is 5.69 Å². The molecule has 0 unspecified atom stereocenters. The molecule has 1 aromatic carbocycles. The van der Waals surface area contributed by atoms with E-state index in [4.69, 9.17) is 11.6 Å². The normalized spacial score (nSPS) is 11.0. The number of aryl methyl sites for hydroxylation is 1. The lowest BCUT2D eigenvalue weighted by Gasteiger charge is -2.12. The molecule has 1 amide bonds. The van der Waals surface area contributed by atoms with Crippen LogP contribution in [0, 0.1) is 0 Å². The fraction of sp³-hybridized carbons (Fsp3) is 0.235. The third kappa shape index (κ3) is 3.47. The molecule has 3 rings (SSSR count). The zero-order valence-corrected chi connectivity index (χ0v) is 16.4. The number of hydrogen-bond acceptors (Lipinski definition) is 6. The van der Waals surface area contributed by atoms with Crippen LogP contribution >= 0.6 is 23.4 Å². The molecule has 0 radical (unpaired) electrons. The third-order valence-corrected chi connectivity index (χ3v) is 5.31. The van der Waals surface area contributed by atoms with Crippen molar-refractivity contribution in [2.24, 2.45) is 14.1 Å². The van der Waals surface area contributed by atoms with Crippen LogP contribution in [0.3, 0.4) is 0 Å². The molecule has 0 aliphatic carbocycles. The zero-order valence-electron chi connectivity index (χ0n) is 14.8. The number of aromatic nitrogens is 4. The first-order chi connectivity index (χ1) is 12.8. The van der Waals surface area contributed by atoms with Crippen LogP contribution in [0.5, 0.6) is 0 Å². The van der Waals surface area contributed by atoms with Crippen LogP contribution in [-0.4, -0.2) is 37.8 Å². The first-order valence-corrected chi connectivity index (χ1v) is 9.27. The molecule has 0 bridgehead atoms. The highest BCUT2D eigenvalue weighted by atomic mass is 35.5. The molecule has 0 saturated heterocycles. The number of carbonyl (C=O) groups excluding carboxylic acids is 1. The van der Waals surface area contributed by atoms with Crippen molar-refractivity contribution in [1.29, 1.82) is 0 Å². The number of benzene rings is 1. The number of carbonyl (C=O) groups is 1. The summed E-state index contributed by atoms with van der Waals surface area (Å²) < 4.78 is 2.27. The van der Waals surface area contributed by atoms with Gasteiger partial charge in [-0.1, -0.05) is 35.5 Å². The Labute approximate surface area is 163 Å². The van der Waals surface area contributed by atoms with Crippen molar-refractivity contribution in [3.63, 3.8) is 0 Å². The van der Waals surface area contributed by atoms with Crippen LogP contribution in [0.25, 0.3) is 22.4 Å². The number of hydrogen-bond donors (Lipinski definition) is 1. The third-order valence-electron chi connectivity index (χ3n) is 4.00. The van der Waals surface area contributed by atoms with Gasteiger partial charge in [-0.15, -0.1) is 0 Å². The van der Waals surface area contributed by atoms with Crippen LogP contribution in [0.2, 0.25) is 5.02 Å². The molecule has 1 N–H and O–H groups in total. The van der Waals surface area contributed by atoms with Crippen LogP contribution in [0.15, 0.2) is 38.9 Å². The first kappa shape index (κ1) is 19.1. The van der Waals surface area contributed by atoms with Gasteiger partial charge in [0.15, 0.2) is 11.5 Å². The van der Waals surface area contributed by atoms with Gasteiger partial charge in [-0.2, -0.15) is 0 Å². The molecule has 0 aliphatic heterocycles.